The molecule has 0 spiro atoms. The third-order valence-corrected chi connectivity index (χ3v) is 10.7. The monoisotopic (exact) mass is 710 g/mol. The topological polar surface area (TPSA) is 147 Å². The van der Waals surface area contributed by atoms with Crippen LogP contribution in [-0.2, 0) is 24.0 Å². The molecule has 12 heteroatoms. The van der Waals surface area contributed by atoms with Crippen molar-refractivity contribution in [2.24, 2.45) is 38.6 Å². The SMILES string of the molecule is CCCON/C(C)=C1/C2=NC(=C1C)C=C1N=C(C3=c4[nH]c(c(C)c4C(=O)N(OCCC)C3=O)=CC3=NC(=C2)[C@H](C)[C@H]3CC)[C@@H](CCC(=O)OC)[C@@H]1C. The molecule has 12 nitrogen and oxygen atoms in total. The van der Waals surface area contributed by atoms with Crippen LogP contribution in [0, 0.1) is 30.6 Å². The molecule has 0 saturated heterocycles. The number of hydrogen-bond acceptors (Lipinski definition) is 10. The fourth-order valence-corrected chi connectivity index (χ4v) is 7.80. The van der Waals surface area contributed by atoms with E-state index in [-0.39, 0.29) is 48.2 Å². The molecule has 52 heavy (non-hydrogen) atoms. The molecule has 6 rings (SSSR count). The van der Waals surface area contributed by atoms with Crippen molar-refractivity contribution in [2.45, 2.75) is 87.5 Å². The predicted octanol–water partition coefficient (Wildman–Crippen LogP) is 5.07. The summed E-state index contributed by atoms with van der Waals surface area (Å²) < 4.78 is 5.01. The van der Waals surface area contributed by atoms with Gasteiger partial charge in [0.2, 0.25) is 0 Å². The van der Waals surface area contributed by atoms with Crippen LogP contribution >= 0.6 is 0 Å². The van der Waals surface area contributed by atoms with Crippen LogP contribution in [0.4, 0.5) is 0 Å². The van der Waals surface area contributed by atoms with Crippen LogP contribution in [0.1, 0.15) is 96.5 Å². The van der Waals surface area contributed by atoms with Crippen molar-refractivity contribution in [1.29, 1.82) is 0 Å². The van der Waals surface area contributed by atoms with Gasteiger partial charge in [-0.15, -0.1) is 5.06 Å². The Morgan fingerprint density at radius 1 is 0.942 bits per heavy atom. The molecule has 4 atom stereocenters. The number of nitrogens with one attached hydrogen (secondary N) is 2. The van der Waals surface area contributed by atoms with E-state index >= 15 is 0 Å². The first kappa shape index (κ1) is 37.1. The maximum Gasteiger partial charge on any atom is 0.305 e. The molecule has 0 saturated carbocycles. The summed E-state index contributed by atoms with van der Waals surface area (Å²) in [5, 5.41) is 1.98. The molecule has 1 aromatic rings. The van der Waals surface area contributed by atoms with Crippen molar-refractivity contribution >= 4 is 46.6 Å². The van der Waals surface area contributed by atoms with Crippen LogP contribution in [0.3, 0.4) is 0 Å². The number of imide groups is 1. The summed E-state index contributed by atoms with van der Waals surface area (Å²) in [6.07, 6.45) is 8.90. The first-order chi connectivity index (χ1) is 24.9. The van der Waals surface area contributed by atoms with Crippen LogP contribution in [0.2, 0.25) is 0 Å². The number of esters is 1. The lowest BCUT2D eigenvalue weighted by Gasteiger charge is -2.26. The van der Waals surface area contributed by atoms with Crippen molar-refractivity contribution < 1.29 is 28.8 Å². The molecule has 0 unspecified atom stereocenters. The molecular formula is C40H50N6O6. The molecule has 0 radical (unpaired) electrons. The van der Waals surface area contributed by atoms with Crippen molar-refractivity contribution in [2.75, 3.05) is 20.3 Å². The van der Waals surface area contributed by atoms with Crippen LogP contribution < -0.4 is 16.2 Å². The van der Waals surface area contributed by atoms with Gasteiger partial charge in [0.15, 0.2) is 0 Å². The lowest BCUT2D eigenvalue weighted by Crippen LogP contribution is -2.48. The number of hydroxylamine groups is 3. The highest BCUT2D eigenvalue weighted by atomic mass is 16.7. The van der Waals surface area contributed by atoms with Crippen LogP contribution in [0.5, 0.6) is 0 Å². The Labute approximate surface area is 304 Å². The Kier molecular flexibility index (Phi) is 10.8. The number of aromatic amines is 1. The first-order valence-corrected chi connectivity index (χ1v) is 18.5. The molecule has 0 aromatic carbocycles. The van der Waals surface area contributed by atoms with Crippen molar-refractivity contribution in [3.8, 4) is 0 Å². The van der Waals surface area contributed by atoms with E-state index < -0.39 is 11.8 Å². The van der Waals surface area contributed by atoms with Gasteiger partial charge < -0.3 is 9.72 Å². The molecule has 1 aromatic heterocycles. The number of nitrogens with zero attached hydrogens (tertiary/aromatic N) is 4. The van der Waals surface area contributed by atoms with Crippen LogP contribution in [0.25, 0.3) is 11.6 Å². The molecule has 276 valence electrons. The molecule has 5 aliphatic rings. The summed E-state index contributed by atoms with van der Waals surface area (Å²) >= 11 is 0. The van der Waals surface area contributed by atoms with Gasteiger partial charge in [0.25, 0.3) is 11.8 Å². The zero-order chi connectivity index (χ0) is 37.4. The summed E-state index contributed by atoms with van der Waals surface area (Å²) in [6, 6.07) is 0. The molecule has 8 bridgehead atoms. The minimum atomic E-state index is -0.589. The number of H-pyrrole nitrogens is 1. The maximum atomic E-state index is 14.5. The average Bonchev–Trinajstić information content (AvgIpc) is 3.80. The van der Waals surface area contributed by atoms with E-state index in [0.717, 1.165) is 57.6 Å². The second-order valence-electron chi connectivity index (χ2n) is 14.1. The van der Waals surface area contributed by atoms with E-state index in [2.05, 4.69) is 37.3 Å². The number of ether oxygens (including phenoxy) is 1. The molecule has 5 aliphatic heterocycles. The standard InChI is InChI=1S/C40H50N6O6/c1-10-15-51-45-24(8)34-22(6)29-17-28-21(5)26(13-14-33(47)50-9)37(43-28)36-38-35(39(48)46(40(36)49)52-16-11-2)23(7)30(44-38)18-31-25(12-3)20(4)27(41-31)19-32(34)42-29/h17-21,25-26,44-45H,10-16H2,1-9H3/b27-19?,28-17?,30-18?,34-24+/t20-,21+,25-,26+/m1/s1. The maximum absolute atomic E-state index is 14.5. The van der Waals surface area contributed by atoms with E-state index in [0.29, 0.717) is 52.7 Å². The van der Waals surface area contributed by atoms with E-state index in [1.165, 1.54) is 7.11 Å². The van der Waals surface area contributed by atoms with Crippen LogP contribution in [-0.4, -0.2) is 65.3 Å². The van der Waals surface area contributed by atoms with Gasteiger partial charge in [-0.1, -0.05) is 34.6 Å². The Morgan fingerprint density at radius 3 is 2.35 bits per heavy atom. The smallest absolute Gasteiger partial charge is 0.305 e. The second-order valence-corrected chi connectivity index (χ2v) is 14.1. The number of allylic oxidation sites excluding steroid dienone is 7. The number of aliphatic imine (C=N–C) groups is 3. The molecular weight excluding hydrogens is 660 g/mol. The largest absolute Gasteiger partial charge is 0.469 e. The average molecular weight is 711 g/mol. The normalized spacial score (nSPS) is 24.8. The lowest BCUT2D eigenvalue weighted by molar-refractivity contribution is -0.163. The Balaban J connectivity index is 1.67. The summed E-state index contributed by atoms with van der Waals surface area (Å²) in [5.41, 5.74) is 11.7. The Hall–Kier alpha value is -4.68. The highest BCUT2D eigenvalue weighted by Gasteiger charge is 2.44. The number of aromatic nitrogens is 1. The lowest BCUT2D eigenvalue weighted by atomic mass is 9.82. The van der Waals surface area contributed by atoms with Crippen molar-refractivity contribution in [3.63, 3.8) is 0 Å². The fraction of sp³-hybridized carbons (Fsp3) is 0.500. The number of rotatable bonds is 11. The minimum Gasteiger partial charge on any atom is -0.469 e. The van der Waals surface area contributed by atoms with Gasteiger partial charge in [-0.25, -0.2) is 4.99 Å². The number of hydrogen-bond donors (Lipinski definition) is 2. The van der Waals surface area contributed by atoms with E-state index in [1.807, 2.05) is 46.8 Å². The number of carbonyl (C=O) groups is 3. The predicted molar refractivity (Wildman–Crippen MR) is 200 cm³/mol. The van der Waals surface area contributed by atoms with Gasteiger partial charge in [0, 0.05) is 63.8 Å². The number of methoxy groups -OCH3 is 1. The molecule has 6 heterocycles. The Morgan fingerprint density at radius 2 is 1.65 bits per heavy atom. The summed E-state index contributed by atoms with van der Waals surface area (Å²) in [7, 11) is 1.36. The number of carbonyl (C=O) groups excluding carboxylic acids is 3. The van der Waals surface area contributed by atoms with Gasteiger partial charge in [-0.05, 0) is 75.8 Å². The second kappa shape index (κ2) is 15.1. The zero-order valence-corrected chi connectivity index (χ0v) is 31.7. The first-order valence-electron chi connectivity index (χ1n) is 18.5. The van der Waals surface area contributed by atoms with Crippen molar-refractivity contribution in [3.05, 3.63) is 67.9 Å². The highest BCUT2D eigenvalue weighted by Crippen LogP contribution is 2.41. The van der Waals surface area contributed by atoms with Gasteiger partial charge in [0.05, 0.1) is 53.9 Å². The van der Waals surface area contributed by atoms with Crippen LogP contribution in [0.15, 0.2) is 61.1 Å². The Bertz CT molecular complexity index is 2060. The van der Waals surface area contributed by atoms with Crippen molar-refractivity contribution in [1.82, 2.24) is 15.5 Å². The molecule has 0 aliphatic carbocycles. The van der Waals surface area contributed by atoms with E-state index in [4.69, 9.17) is 29.4 Å². The molecule has 2 N–H and O–H groups in total. The highest BCUT2D eigenvalue weighted by molar-refractivity contribution is 6.46. The van der Waals surface area contributed by atoms with E-state index in [1.54, 1.807) is 0 Å². The summed E-state index contributed by atoms with van der Waals surface area (Å²) in [6.45, 7) is 17.0. The third kappa shape index (κ3) is 6.47. The van der Waals surface area contributed by atoms with Gasteiger partial charge in [-0.3, -0.25) is 39.5 Å². The molecule has 2 amide bonds. The minimum absolute atomic E-state index is 0.105. The quantitative estimate of drug-likeness (QED) is 0.141. The molecule has 0 fully saturated rings. The van der Waals surface area contributed by atoms with Gasteiger partial charge in [-0.2, -0.15) is 0 Å². The van der Waals surface area contributed by atoms with E-state index in [9.17, 15) is 14.4 Å². The van der Waals surface area contributed by atoms with Gasteiger partial charge in [0.1, 0.15) is 0 Å². The zero-order valence-electron chi connectivity index (χ0n) is 31.7. The summed E-state index contributed by atoms with van der Waals surface area (Å²) in [5.74, 6) is -1.78. The number of amides is 2. The van der Waals surface area contributed by atoms with Gasteiger partial charge >= 0.3 is 5.97 Å². The fourth-order valence-electron chi connectivity index (χ4n) is 7.80. The summed E-state index contributed by atoms with van der Waals surface area (Å²) in [4.78, 5) is 71.5. The number of fused-ring (bicyclic) bond motifs is 5. The third-order valence-electron chi connectivity index (χ3n) is 10.7.